The van der Waals surface area contributed by atoms with E-state index in [2.05, 4.69) is 25.9 Å². The number of fused-ring (bicyclic) bond motifs is 1. The predicted octanol–water partition coefficient (Wildman–Crippen LogP) is 2.78. The molecule has 2 aromatic heterocycles. The van der Waals surface area contributed by atoms with E-state index >= 15 is 0 Å². The maximum absolute atomic E-state index is 11.4. The third-order valence-electron chi connectivity index (χ3n) is 2.84. The second-order valence-corrected chi connectivity index (χ2v) is 5.47. The molecule has 0 saturated carbocycles. The molecule has 6 heteroatoms. The Hall–Kier alpha value is -1.43. The van der Waals surface area contributed by atoms with E-state index in [0.29, 0.717) is 17.0 Å². The van der Waals surface area contributed by atoms with E-state index in [1.165, 1.54) is 0 Å². The van der Waals surface area contributed by atoms with Crippen molar-refractivity contribution >= 4 is 33.1 Å². The van der Waals surface area contributed by atoms with E-state index < -0.39 is 12.0 Å². The van der Waals surface area contributed by atoms with Crippen LogP contribution >= 0.6 is 15.9 Å². The summed E-state index contributed by atoms with van der Waals surface area (Å²) < 4.78 is 2.52. The zero-order valence-electron chi connectivity index (χ0n) is 10.4. The molecule has 1 unspecified atom stereocenters. The standard InChI is InChI=1S/C12H14BrN3O2/c1-6(2)10(12(17)18)16-7(3)15-9-4-8(13)5-14-11(9)16/h4-6,10H,1-3H3,(H,17,18). The quantitative estimate of drug-likeness (QED) is 0.946. The van der Waals surface area contributed by atoms with E-state index in [4.69, 9.17) is 0 Å². The molecule has 1 N–H and O–H groups in total. The van der Waals surface area contributed by atoms with Crippen molar-refractivity contribution in [1.82, 2.24) is 14.5 Å². The fourth-order valence-corrected chi connectivity index (χ4v) is 2.42. The Labute approximate surface area is 113 Å². The molecule has 96 valence electrons. The molecule has 2 rings (SSSR count). The van der Waals surface area contributed by atoms with E-state index in [-0.39, 0.29) is 5.92 Å². The third-order valence-corrected chi connectivity index (χ3v) is 3.27. The summed E-state index contributed by atoms with van der Waals surface area (Å²) in [7, 11) is 0. The molecule has 0 aromatic carbocycles. The van der Waals surface area contributed by atoms with E-state index in [0.717, 1.165) is 4.47 Å². The zero-order chi connectivity index (χ0) is 13.4. The number of pyridine rings is 1. The monoisotopic (exact) mass is 311 g/mol. The summed E-state index contributed by atoms with van der Waals surface area (Å²) >= 11 is 3.33. The zero-order valence-corrected chi connectivity index (χ0v) is 12.0. The normalized spacial score (nSPS) is 13.2. The molecular formula is C12H14BrN3O2. The van der Waals surface area contributed by atoms with Crippen molar-refractivity contribution in [2.24, 2.45) is 5.92 Å². The number of carboxylic acids is 1. The van der Waals surface area contributed by atoms with Gasteiger partial charge in [0.2, 0.25) is 0 Å². The van der Waals surface area contributed by atoms with Gasteiger partial charge in [0.1, 0.15) is 17.4 Å². The topological polar surface area (TPSA) is 68.0 Å². The summed E-state index contributed by atoms with van der Waals surface area (Å²) in [5.74, 6) is -0.238. The largest absolute Gasteiger partial charge is 0.480 e. The molecule has 0 spiro atoms. The van der Waals surface area contributed by atoms with Crippen LogP contribution in [0.25, 0.3) is 11.2 Å². The first kappa shape index (κ1) is 13.0. The number of hydrogen-bond donors (Lipinski definition) is 1. The van der Waals surface area contributed by atoms with Crippen LogP contribution in [0.4, 0.5) is 0 Å². The lowest BCUT2D eigenvalue weighted by atomic mass is 10.0. The highest BCUT2D eigenvalue weighted by Gasteiger charge is 2.27. The predicted molar refractivity (Wildman–Crippen MR) is 71.5 cm³/mol. The van der Waals surface area contributed by atoms with Gasteiger partial charge in [-0.05, 0) is 34.8 Å². The van der Waals surface area contributed by atoms with Gasteiger partial charge in [-0.15, -0.1) is 0 Å². The fourth-order valence-electron chi connectivity index (χ4n) is 2.10. The van der Waals surface area contributed by atoms with Crippen molar-refractivity contribution in [2.75, 3.05) is 0 Å². The van der Waals surface area contributed by atoms with Crippen LogP contribution < -0.4 is 0 Å². The summed E-state index contributed by atoms with van der Waals surface area (Å²) in [5.41, 5.74) is 1.31. The molecule has 1 atom stereocenters. The maximum atomic E-state index is 11.4. The van der Waals surface area contributed by atoms with E-state index in [1.807, 2.05) is 19.9 Å². The van der Waals surface area contributed by atoms with Gasteiger partial charge < -0.3 is 5.11 Å². The maximum Gasteiger partial charge on any atom is 0.327 e. The Bertz CT molecular complexity index is 607. The molecule has 0 aliphatic heterocycles. The molecule has 18 heavy (non-hydrogen) atoms. The number of imidazole rings is 1. The number of carbonyl (C=O) groups is 1. The lowest BCUT2D eigenvalue weighted by Crippen LogP contribution is -2.25. The first-order valence-electron chi connectivity index (χ1n) is 5.64. The smallest absolute Gasteiger partial charge is 0.327 e. The summed E-state index contributed by atoms with van der Waals surface area (Å²) in [6, 6.07) is 1.19. The van der Waals surface area contributed by atoms with Crippen molar-refractivity contribution < 1.29 is 9.90 Å². The number of halogens is 1. The second-order valence-electron chi connectivity index (χ2n) is 4.55. The number of aryl methyl sites for hydroxylation is 1. The van der Waals surface area contributed by atoms with E-state index in [1.54, 1.807) is 17.7 Å². The summed E-state index contributed by atoms with van der Waals surface area (Å²) in [4.78, 5) is 20.1. The highest BCUT2D eigenvalue weighted by molar-refractivity contribution is 9.10. The van der Waals surface area contributed by atoms with Gasteiger partial charge in [-0.3, -0.25) is 4.57 Å². The molecule has 0 amide bonds. The van der Waals surface area contributed by atoms with Gasteiger partial charge >= 0.3 is 5.97 Å². The van der Waals surface area contributed by atoms with Crippen LogP contribution in [0, 0.1) is 12.8 Å². The SMILES string of the molecule is Cc1nc2cc(Br)cnc2n1C(C(=O)O)C(C)C. The summed E-state index contributed by atoms with van der Waals surface area (Å²) in [5, 5.41) is 9.37. The van der Waals surface area contributed by atoms with Gasteiger partial charge in [0.25, 0.3) is 0 Å². The fraction of sp³-hybridized carbons (Fsp3) is 0.417. The average Bonchev–Trinajstić information content (AvgIpc) is 2.54. The van der Waals surface area contributed by atoms with Crippen LogP contribution in [-0.4, -0.2) is 25.6 Å². The molecule has 0 bridgehead atoms. The lowest BCUT2D eigenvalue weighted by molar-refractivity contribution is -0.142. The molecular weight excluding hydrogens is 298 g/mol. The highest BCUT2D eigenvalue weighted by Crippen LogP contribution is 2.26. The molecule has 2 heterocycles. The Morgan fingerprint density at radius 3 is 2.72 bits per heavy atom. The van der Waals surface area contributed by atoms with Crippen molar-refractivity contribution in [3.8, 4) is 0 Å². The second kappa shape index (κ2) is 4.68. The first-order valence-corrected chi connectivity index (χ1v) is 6.44. The van der Waals surface area contributed by atoms with Crippen molar-refractivity contribution in [3.63, 3.8) is 0 Å². The first-order chi connectivity index (χ1) is 8.41. The van der Waals surface area contributed by atoms with Crippen molar-refractivity contribution in [3.05, 3.63) is 22.6 Å². The molecule has 5 nitrogen and oxygen atoms in total. The Kier molecular flexibility index (Phi) is 3.38. The van der Waals surface area contributed by atoms with Gasteiger partial charge in [-0.25, -0.2) is 14.8 Å². The third kappa shape index (κ3) is 2.12. The number of aromatic nitrogens is 3. The van der Waals surface area contributed by atoms with E-state index in [9.17, 15) is 9.90 Å². The number of rotatable bonds is 3. The lowest BCUT2D eigenvalue weighted by Gasteiger charge is -2.19. The number of hydrogen-bond acceptors (Lipinski definition) is 3. The summed E-state index contributed by atoms with van der Waals surface area (Å²) in [6.07, 6.45) is 1.65. The van der Waals surface area contributed by atoms with Gasteiger partial charge in [0, 0.05) is 10.7 Å². The minimum absolute atomic E-state index is 0.0379. The van der Waals surface area contributed by atoms with Crippen LogP contribution in [0.1, 0.15) is 25.7 Å². The number of aliphatic carboxylic acids is 1. The van der Waals surface area contributed by atoms with Gasteiger partial charge in [-0.1, -0.05) is 13.8 Å². The Morgan fingerprint density at radius 2 is 2.17 bits per heavy atom. The average molecular weight is 312 g/mol. The molecule has 0 fully saturated rings. The van der Waals surface area contributed by atoms with Crippen LogP contribution in [0.15, 0.2) is 16.7 Å². The number of carboxylic acid groups (broad SMARTS) is 1. The van der Waals surface area contributed by atoms with Crippen LogP contribution in [0.5, 0.6) is 0 Å². The van der Waals surface area contributed by atoms with Crippen LogP contribution in [0.2, 0.25) is 0 Å². The van der Waals surface area contributed by atoms with Crippen molar-refractivity contribution in [2.45, 2.75) is 26.8 Å². The minimum atomic E-state index is -0.864. The van der Waals surface area contributed by atoms with Crippen LogP contribution in [-0.2, 0) is 4.79 Å². The molecule has 0 saturated heterocycles. The van der Waals surface area contributed by atoms with Gasteiger partial charge in [0.15, 0.2) is 5.65 Å². The highest BCUT2D eigenvalue weighted by atomic mass is 79.9. The van der Waals surface area contributed by atoms with Crippen molar-refractivity contribution in [1.29, 1.82) is 0 Å². The molecule has 2 aromatic rings. The molecule has 0 aliphatic rings. The molecule has 0 aliphatic carbocycles. The van der Waals surface area contributed by atoms with Crippen LogP contribution in [0.3, 0.4) is 0 Å². The Balaban J connectivity index is 2.69. The van der Waals surface area contributed by atoms with Gasteiger partial charge in [-0.2, -0.15) is 0 Å². The molecule has 0 radical (unpaired) electrons. The minimum Gasteiger partial charge on any atom is -0.480 e. The summed E-state index contributed by atoms with van der Waals surface area (Å²) in [6.45, 7) is 5.56. The van der Waals surface area contributed by atoms with Gasteiger partial charge in [0.05, 0.1) is 0 Å². The Morgan fingerprint density at radius 1 is 1.50 bits per heavy atom. The number of nitrogens with zero attached hydrogens (tertiary/aromatic N) is 3.